The number of hydrogen-bond acceptors (Lipinski definition) is 3. The van der Waals surface area contributed by atoms with E-state index in [1.54, 1.807) is 13.0 Å². The number of benzene rings is 1. The minimum Gasteiger partial charge on any atom is -0.454 e. The second-order valence-corrected chi connectivity index (χ2v) is 7.21. The van der Waals surface area contributed by atoms with E-state index in [0.717, 1.165) is 30.9 Å². The molecule has 1 aromatic carbocycles. The number of rotatable bonds is 4. The molecule has 0 fully saturated rings. The first-order valence-electron chi connectivity index (χ1n) is 9.40. The van der Waals surface area contributed by atoms with Crippen molar-refractivity contribution in [3.63, 3.8) is 0 Å². The summed E-state index contributed by atoms with van der Waals surface area (Å²) in [4.78, 5) is 12.6. The van der Waals surface area contributed by atoms with Gasteiger partial charge >= 0.3 is 6.18 Å². The van der Waals surface area contributed by atoms with Crippen molar-refractivity contribution in [3.05, 3.63) is 76.5 Å². The molecule has 1 aliphatic carbocycles. The van der Waals surface area contributed by atoms with Crippen molar-refractivity contribution in [2.45, 2.75) is 44.9 Å². The molecule has 152 valence electrons. The fraction of sp³-hybridized carbons (Fsp3) is 0.333. The van der Waals surface area contributed by atoms with Crippen LogP contribution in [0.15, 0.2) is 46.9 Å². The maximum absolute atomic E-state index is 12.8. The van der Waals surface area contributed by atoms with Gasteiger partial charge in [0.15, 0.2) is 11.5 Å². The molecule has 0 unspecified atom stereocenters. The average molecular weight is 403 g/mol. The van der Waals surface area contributed by atoms with Gasteiger partial charge in [-0.25, -0.2) is 0 Å². The Morgan fingerprint density at radius 3 is 2.83 bits per heavy atom. The van der Waals surface area contributed by atoms with E-state index in [4.69, 9.17) is 4.42 Å². The lowest BCUT2D eigenvalue weighted by molar-refractivity contribution is -0.141. The molecule has 3 aromatic rings. The zero-order chi connectivity index (χ0) is 20.6. The molecule has 2 heterocycles. The molecule has 8 heteroatoms. The second kappa shape index (κ2) is 7.42. The van der Waals surface area contributed by atoms with Crippen LogP contribution in [0.3, 0.4) is 0 Å². The number of fused-ring (bicyclic) bond motifs is 1. The average Bonchev–Trinajstić information content (AvgIpc) is 3.29. The molecule has 0 bridgehead atoms. The molecule has 5 nitrogen and oxygen atoms in total. The minimum atomic E-state index is -4.50. The number of furan rings is 1. The third-order valence-electron chi connectivity index (χ3n) is 5.14. The van der Waals surface area contributed by atoms with Crippen LogP contribution in [-0.4, -0.2) is 15.7 Å². The van der Waals surface area contributed by atoms with Crippen LogP contribution in [0.1, 0.15) is 57.7 Å². The fourth-order valence-corrected chi connectivity index (χ4v) is 3.67. The lowest BCUT2D eigenvalue weighted by Gasteiger charge is -2.26. The molecule has 0 saturated heterocycles. The Morgan fingerprint density at radius 2 is 2.07 bits per heavy atom. The van der Waals surface area contributed by atoms with Crippen molar-refractivity contribution in [3.8, 4) is 0 Å². The van der Waals surface area contributed by atoms with E-state index in [9.17, 15) is 18.0 Å². The second-order valence-electron chi connectivity index (χ2n) is 7.21. The lowest BCUT2D eigenvalue weighted by atomic mass is 9.88. The van der Waals surface area contributed by atoms with Crippen LogP contribution in [0.4, 0.5) is 13.2 Å². The van der Waals surface area contributed by atoms with E-state index in [1.165, 1.54) is 16.3 Å². The highest BCUT2D eigenvalue weighted by molar-refractivity contribution is 5.91. The van der Waals surface area contributed by atoms with Crippen LogP contribution in [0, 0.1) is 6.92 Å². The van der Waals surface area contributed by atoms with E-state index in [1.807, 2.05) is 18.2 Å². The van der Waals surface area contributed by atoms with E-state index in [-0.39, 0.29) is 24.3 Å². The number of nitrogens with zero attached hydrogens (tertiary/aromatic N) is 2. The Bertz CT molecular complexity index is 1040. The number of halogens is 3. The topological polar surface area (TPSA) is 60.1 Å². The van der Waals surface area contributed by atoms with E-state index < -0.39 is 11.9 Å². The Balaban J connectivity index is 1.46. The highest BCUT2D eigenvalue weighted by atomic mass is 19.4. The summed E-state index contributed by atoms with van der Waals surface area (Å²) in [5.74, 6) is 0.147. The predicted molar refractivity (Wildman–Crippen MR) is 99.4 cm³/mol. The molecule has 1 aliphatic rings. The monoisotopic (exact) mass is 403 g/mol. The van der Waals surface area contributed by atoms with Crippen molar-refractivity contribution < 1.29 is 22.4 Å². The summed E-state index contributed by atoms with van der Waals surface area (Å²) in [5.41, 5.74) is 1.76. The normalized spacial score (nSPS) is 16.5. The van der Waals surface area contributed by atoms with E-state index in [2.05, 4.69) is 16.5 Å². The molecule has 1 atom stereocenters. The number of carbonyl (C=O) groups is 1. The first kappa shape index (κ1) is 19.3. The van der Waals surface area contributed by atoms with Crippen LogP contribution in [-0.2, 0) is 19.1 Å². The lowest BCUT2D eigenvalue weighted by Crippen LogP contribution is -2.30. The molecule has 0 aliphatic heterocycles. The Hall–Kier alpha value is -3.03. The van der Waals surface area contributed by atoms with Crippen molar-refractivity contribution in [2.24, 2.45) is 0 Å². The molecule has 4 rings (SSSR count). The van der Waals surface area contributed by atoms with Crippen LogP contribution in [0.2, 0.25) is 0 Å². The van der Waals surface area contributed by atoms with Gasteiger partial charge in [0.2, 0.25) is 0 Å². The Kier molecular flexibility index (Phi) is 4.94. The summed E-state index contributed by atoms with van der Waals surface area (Å²) < 4.78 is 45.2. The largest absolute Gasteiger partial charge is 0.454 e. The van der Waals surface area contributed by atoms with E-state index >= 15 is 0 Å². The van der Waals surface area contributed by atoms with Gasteiger partial charge in [-0.3, -0.25) is 9.48 Å². The van der Waals surface area contributed by atoms with Gasteiger partial charge in [-0.1, -0.05) is 24.3 Å². The molecule has 1 N–H and O–H groups in total. The number of nitrogens with one attached hydrogen (secondary N) is 1. The Labute approximate surface area is 165 Å². The smallest absolute Gasteiger partial charge is 0.435 e. The number of aryl methyl sites for hydroxylation is 2. The van der Waals surface area contributed by atoms with Crippen molar-refractivity contribution in [1.82, 2.24) is 15.1 Å². The summed E-state index contributed by atoms with van der Waals surface area (Å²) in [7, 11) is 0. The van der Waals surface area contributed by atoms with Crippen molar-refractivity contribution in [1.29, 1.82) is 0 Å². The van der Waals surface area contributed by atoms with Crippen LogP contribution in [0.5, 0.6) is 0 Å². The van der Waals surface area contributed by atoms with Crippen molar-refractivity contribution >= 4 is 5.91 Å². The van der Waals surface area contributed by atoms with Gasteiger partial charge in [0.1, 0.15) is 5.76 Å². The summed E-state index contributed by atoms with van der Waals surface area (Å²) in [6, 6.07) is 12.0. The zero-order valence-corrected chi connectivity index (χ0v) is 15.8. The zero-order valence-electron chi connectivity index (χ0n) is 15.8. The van der Waals surface area contributed by atoms with Gasteiger partial charge in [-0.2, -0.15) is 18.3 Å². The highest BCUT2D eigenvalue weighted by Crippen LogP contribution is 2.30. The number of aromatic nitrogens is 2. The van der Waals surface area contributed by atoms with Gasteiger partial charge in [-0.05, 0) is 55.5 Å². The van der Waals surface area contributed by atoms with E-state index in [0.29, 0.717) is 11.5 Å². The molecular weight excluding hydrogens is 383 g/mol. The molecule has 2 aromatic heterocycles. The highest BCUT2D eigenvalue weighted by Gasteiger charge is 2.34. The molecule has 0 radical (unpaired) electrons. The molecule has 0 spiro atoms. The number of alkyl halides is 3. The maximum Gasteiger partial charge on any atom is 0.435 e. The fourth-order valence-electron chi connectivity index (χ4n) is 3.67. The van der Waals surface area contributed by atoms with Gasteiger partial charge in [0.05, 0.1) is 12.6 Å². The standard InChI is InChI=1S/C21H20F3N3O2/c1-13-11-19(21(22,23)24)26-27(13)12-15-9-10-18(29-15)20(28)25-17-8-4-6-14-5-2-3-7-16(14)17/h2-3,5,7,9-11,17H,4,6,8,12H2,1H3,(H,25,28)/t17-/m1/s1. The third-order valence-corrected chi connectivity index (χ3v) is 5.14. The summed E-state index contributed by atoms with van der Waals surface area (Å²) in [5, 5.41) is 6.58. The SMILES string of the molecule is Cc1cc(C(F)(F)F)nn1Cc1ccc(C(=O)N[C@@H]2CCCc3ccccc32)o1. The first-order valence-corrected chi connectivity index (χ1v) is 9.40. The molecule has 0 saturated carbocycles. The van der Waals surface area contributed by atoms with Crippen LogP contribution < -0.4 is 5.32 Å². The van der Waals surface area contributed by atoms with Gasteiger partial charge in [0, 0.05) is 5.69 Å². The summed E-state index contributed by atoms with van der Waals surface area (Å²) in [6.07, 6.45) is -1.66. The maximum atomic E-state index is 12.8. The molecule has 1 amide bonds. The van der Waals surface area contributed by atoms with Gasteiger partial charge in [-0.15, -0.1) is 0 Å². The molecular formula is C21H20F3N3O2. The predicted octanol–water partition coefficient (Wildman–Crippen LogP) is 4.66. The summed E-state index contributed by atoms with van der Waals surface area (Å²) in [6.45, 7) is 1.56. The van der Waals surface area contributed by atoms with Crippen LogP contribution in [0.25, 0.3) is 0 Å². The minimum absolute atomic E-state index is 0.0153. The van der Waals surface area contributed by atoms with Crippen molar-refractivity contribution in [2.75, 3.05) is 0 Å². The quantitative estimate of drug-likeness (QED) is 0.689. The number of amides is 1. The Morgan fingerprint density at radius 1 is 1.28 bits per heavy atom. The summed E-state index contributed by atoms with van der Waals surface area (Å²) >= 11 is 0. The third kappa shape index (κ3) is 4.06. The number of hydrogen-bond donors (Lipinski definition) is 1. The van der Waals surface area contributed by atoms with Gasteiger partial charge < -0.3 is 9.73 Å². The molecule has 29 heavy (non-hydrogen) atoms. The first-order chi connectivity index (χ1) is 13.8. The number of carbonyl (C=O) groups excluding carboxylic acids is 1. The van der Waals surface area contributed by atoms with Crippen LogP contribution >= 0.6 is 0 Å². The van der Waals surface area contributed by atoms with Gasteiger partial charge in [0.25, 0.3) is 5.91 Å².